The number of amides is 2. The molecule has 5 nitrogen and oxygen atoms in total. The molecule has 0 saturated carbocycles. The highest BCUT2D eigenvalue weighted by atomic mass is 16.2. The van der Waals surface area contributed by atoms with Gasteiger partial charge in [0, 0.05) is 44.5 Å². The van der Waals surface area contributed by atoms with Crippen molar-refractivity contribution < 1.29 is 9.59 Å². The molecule has 0 aliphatic heterocycles. The van der Waals surface area contributed by atoms with Gasteiger partial charge in [-0.25, -0.2) is 0 Å². The fraction of sp³-hybridized carbons (Fsp3) is 0.222. The van der Waals surface area contributed by atoms with Crippen LogP contribution in [0.5, 0.6) is 0 Å². The molecule has 0 radical (unpaired) electrons. The van der Waals surface area contributed by atoms with Crippen LogP contribution in [0.15, 0.2) is 48.5 Å². The Kier molecular flexibility index (Phi) is 5.36. The molecule has 23 heavy (non-hydrogen) atoms. The minimum atomic E-state index is -0.0949. The average Bonchev–Trinajstić information content (AvgIpc) is 2.53. The molecule has 0 saturated heterocycles. The van der Waals surface area contributed by atoms with Crippen molar-refractivity contribution in [1.82, 2.24) is 0 Å². The number of nitrogens with zero attached hydrogens (tertiary/aromatic N) is 1. The number of para-hydroxylation sites is 1. The van der Waals surface area contributed by atoms with Crippen LogP contribution in [0, 0.1) is 0 Å². The summed E-state index contributed by atoms with van der Waals surface area (Å²) in [5.74, 6) is -0.110. The topological polar surface area (TPSA) is 61.4 Å². The molecule has 0 aromatic heterocycles. The van der Waals surface area contributed by atoms with Gasteiger partial charge in [0.05, 0.1) is 0 Å². The van der Waals surface area contributed by atoms with Gasteiger partial charge in [-0.2, -0.15) is 0 Å². The van der Waals surface area contributed by atoms with Gasteiger partial charge in [-0.05, 0) is 29.8 Å². The van der Waals surface area contributed by atoms with Crippen LogP contribution < -0.4 is 15.5 Å². The molecule has 5 heteroatoms. The van der Waals surface area contributed by atoms with Crippen LogP contribution in [-0.2, 0) is 16.1 Å². The third-order valence-electron chi connectivity index (χ3n) is 3.52. The van der Waals surface area contributed by atoms with Crippen molar-refractivity contribution in [2.24, 2.45) is 0 Å². The van der Waals surface area contributed by atoms with Crippen molar-refractivity contribution in [2.45, 2.75) is 20.4 Å². The predicted molar refractivity (Wildman–Crippen MR) is 93.6 cm³/mol. The van der Waals surface area contributed by atoms with Gasteiger partial charge in [-0.15, -0.1) is 0 Å². The van der Waals surface area contributed by atoms with Gasteiger partial charge in [-0.1, -0.05) is 24.3 Å². The molecular weight excluding hydrogens is 290 g/mol. The molecule has 0 fully saturated rings. The maximum atomic E-state index is 11.4. The number of hydrogen-bond donors (Lipinski definition) is 2. The molecule has 0 spiro atoms. The molecule has 0 aliphatic carbocycles. The Morgan fingerprint density at radius 1 is 1.04 bits per heavy atom. The van der Waals surface area contributed by atoms with Crippen LogP contribution in [-0.4, -0.2) is 18.9 Å². The molecule has 2 N–H and O–H groups in total. The highest BCUT2D eigenvalue weighted by Gasteiger charge is 2.07. The lowest BCUT2D eigenvalue weighted by molar-refractivity contribution is -0.116. The Morgan fingerprint density at radius 2 is 1.78 bits per heavy atom. The number of anilines is 3. The number of nitrogens with one attached hydrogen (secondary N) is 2. The van der Waals surface area contributed by atoms with Crippen LogP contribution in [0.25, 0.3) is 0 Å². The van der Waals surface area contributed by atoms with E-state index < -0.39 is 0 Å². The Labute approximate surface area is 136 Å². The van der Waals surface area contributed by atoms with Crippen molar-refractivity contribution in [3.63, 3.8) is 0 Å². The smallest absolute Gasteiger partial charge is 0.223 e. The first kappa shape index (κ1) is 16.5. The van der Waals surface area contributed by atoms with E-state index in [0.29, 0.717) is 6.54 Å². The normalized spacial score (nSPS) is 10.0. The molecule has 0 atom stereocenters. The Bertz CT molecular complexity index is 713. The molecule has 0 unspecified atom stereocenters. The third kappa shape index (κ3) is 4.57. The number of benzene rings is 2. The average molecular weight is 311 g/mol. The third-order valence-corrected chi connectivity index (χ3v) is 3.52. The van der Waals surface area contributed by atoms with E-state index in [1.165, 1.54) is 13.8 Å². The van der Waals surface area contributed by atoms with E-state index in [2.05, 4.69) is 10.6 Å². The highest BCUT2D eigenvalue weighted by Crippen LogP contribution is 2.21. The quantitative estimate of drug-likeness (QED) is 0.891. The Hall–Kier alpha value is -2.82. The number of carbonyl (C=O) groups is 2. The van der Waals surface area contributed by atoms with Gasteiger partial charge in [0.15, 0.2) is 0 Å². The molecule has 2 aromatic carbocycles. The standard InChI is InChI=1S/C18H21N3O2/c1-13(22)20-18-10-5-4-7-15(18)12-19-16-8-6-9-17(11-16)21(3)14(2)23/h4-11,19H,12H2,1-3H3,(H,20,22). The summed E-state index contributed by atoms with van der Waals surface area (Å²) in [5.41, 5.74) is 3.53. The van der Waals surface area contributed by atoms with E-state index in [4.69, 9.17) is 0 Å². The molecule has 120 valence electrons. The van der Waals surface area contributed by atoms with Crippen molar-refractivity contribution in [3.05, 3.63) is 54.1 Å². The van der Waals surface area contributed by atoms with E-state index >= 15 is 0 Å². The summed E-state index contributed by atoms with van der Waals surface area (Å²) in [6.07, 6.45) is 0. The van der Waals surface area contributed by atoms with Crippen LogP contribution in [0.2, 0.25) is 0 Å². The summed E-state index contributed by atoms with van der Waals surface area (Å²) in [6, 6.07) is 15.3. The summed E-state index contributed by atoms with van der Waals surface area (Å²) >= 11 is 0. The number of hydrogen-bond acceptors (Lipinski definition) is 3. The minimum absolute atomic E-state index is 0.0156. The number of carbonyl (C=O) groups excluding carboxylic acids is 2. The summed E-state index contributed by atoms with van der Waals surface area (Å²) in [5, 5.41) is 6.14. The highest BCUT2D eigenvalue weighted by molar-refractivity contribution is 5.91. The fourth-order valence-corrected chi connectivity index (χ4v) is 2.19. The van der Waals surface area contributed by atoms with Gasteiger partial charge in [0.25, 0.3) is 0 Å². The zero-order valence-corrected chi connectivity index (χ0v) is 13.6. The second kappa shape index (κ2) is 7.45. The van der Waals surface area contributed by atoms with Gasteiger partial charge in [-0.3, -0.25) is 9.59 Å². The van der Waals surface area contributed by atoms with E-state index in [1.807, 2.05) is 48.5 Å². The van der Waals surface area contributed by atoms with E-state index in [9.17, 15) is 9.59 Å². The SMILES string of the molecule is CC(=O)Nc1ccccc1CNc1cccc(N(C)C(C)=O)c1. The van der Waals surface area contributed by atoms with E-state index in [0.717, 1.165) is 22.6 Å². The lowest BCUT2D eigenvalue weighted by atomic mass is 10.1. The molecular formula is C18H21N3O2. The zero-order valence-electron chi connectivity index (χ0n) is 13.6. The second-order valence-corrected chi connectivity index (χ2v) is 5.32. The maximum absolute atomic E-state index is 11.4. The van der Waals surface area contributed by atoms with Gasteiger partial charge in [0.1, 0.15) is 0 Å². The molecule has 2 amide bonds. The monoisotopic (exact) mass is 311 g/mol. The van der Waals surface area contributed by atoms with Crippen molar-refractivity contribution >= 4 is 28.9 Å². The largest absolute Gasteiger partial charge is 0.381 e. The first-order chi connectivity index (χ1) is 11.0. The minimum Gasteiger partial charge on any atom is -0.381 e. The van der Waals surface area contributed by atoms with E-state index in [-0.39, 0.29) is 11.8 Å². The molecule has 2 rings (SSSR count). The molecule has 0 heterocycles. The summed E-state index contributed by atoms with van der Waals surface area (Å²) < 4.78 is 0. The number of rotatable bonds is 5. The van der Waals surface area contributed by atoms with Crippen LogP contribution in [0.3, 0.4) is 0 Å². The molecule has 0 aliphatic rings. The van der Waals surface area contributed by atoms with Gasteiger partial charge in [0.2, 0.25) is 11.8 Å². The van der Waals surface area contributed by atoms with E-state index in [1.54, 1.807) is 11.9 Å². The summed E-state index contributed by atoms with van der Waals surface area (Å²) in [4.78, 5) is 24.3. The Balaban J connectivity index is 2.11. The zero-order chi connectivity index (χ0) is 16.8. The summed E-state index contributed by atoms with van der Waals surface area (Å²) in [6.45, 7) is 3.60. The lowest BCUT2D eigenvalue weighted by Gasteiger charge is -2.17. The maximum Gasteiger partial charge on any atom is 0.223 e. The van der Waals surface area contributed by atoms with Crippen LogP contribution in [0.1, 0.15) is 19.4 Å². The van der Waals surface area contributed by atoms with Crippen LogP contribution >= 0.6 is 0 Å². The van der Waals surface area contributed by atoms with Crippen molar-refractivity contribution in [2.75, 3.05) is 22.6 Å². The Morgan fingerprint density at radius 3 is 2.48 bits per heavy atom. The first-order valence-electron chi connectivity index (χ1n) is 7.41. The van der Waals surface area contributed by atoms with Crippen molar-refractivity contribution in [3.8, 4) is 0 Å². The van der Waals surface area contributed by atoms with Gasteiger partial charge >= 0.3 is 0 Å². The van der Waals surface area contributed by atoms with Crippen molar-refractivity contribution in [1.29, 1.82) is 0 Å². The first-order valence-corrected chi connectivity index (χ1v) is 7.41. The van der Waals surface area contributed by atoms with Crippen LogP contribution in [0.4, 0.5) is 17.1 Å². The van der Waals surface area contributed by atoms with Gasteiger partial charge < -0.3 is 15.5 Å². The lowest BCUT2D eigenvalue weighted by Crippen LogP contribution is -2.22. The summed E-state index contributed by atoms with van der Waals surface area (Å²) in [7, 11) is 1.74. The predicted octanol–water partition coefficient (Wildman–Crippen LogP) is 3.24. The fourth-order valence-electron chi connectivity index (χ4n) is 2.19. The molecule has 0 bridgehead atoms. The molecule has 2 aromatic rings. The second-order valence-electron chi connectivity index (χ2n) is 5.32.